The quantitative estimate of drug-likeness (QED) is 0.361. The number of carbonyl (C=O) groups is 1. The van der Waals surface area contributed by atoms with Crippen LogP contribution in [0.3, 0.4) is 0 Å². The van der Waals surface area contributed by atoms with Crippen LogP contribution in [-0.2, 0) is 10.0 Å². The van der Waals surface area contributed by atoms with Gasteiger partial charge in [0.25, 0.3) is 0 Å². The Kier molecular flexibility index (Phi) is 6.95. The summed E-state index contributed by atoms with van der Waals surface area (Å²) in [5.41, 5.74) is 1.76. The average Bonchev–Trinajstić information content (AvgIpc) is 3.14. The largest absolute Gasteiger partial charge is 0.497 e. The lowest BCUT2D eigenvalue weighted by molar-refractivity contribution is 0.0994. The number of rotatable bonds is 9. The van der Waals surface area contributed by atoms with Crippen molar-refractivity contribution in [3.63, 3.8) is 0 Å². The predicted molar refractivity (Wildman–Crippen MR) is 121 cm³/mol. The summed E-state index contributed by atoms with van der Waals surface area (Å²) >= 11 is 2.68. The van der Waals surface area contributed by atoms with E-state index in [0.717, 1.165) is 17.7 Å². The number of methoxy groups -OCH3 is 1. The van der Waals surface area contributed by atoms with Crippen LogP contribution in [0.2, 0.25) is 0 Å². The Morgan fingerprint density at radius 2 is 1.70 bits per heavy atom. The normalized spacial score (nSPS) is 12.2. The number of aromatic nitrogens is 2. The molecule has 0 saturated carbocycles. The summed E-state index contributed by atoms with van der Waals surface area (Å²) < 4.78 is 30.7. The van der Waals surface area contributed by atoms with Gasteiger partial charge in [-0.2, -0.15) is 0 Å². The molecule has 0 saturated heterocycles. The van der Waals surface area contributed by atoms with Gasteiger partial charge >= 0.3 is 0 Å². The van der Waals surface area contributed by atoms with Gasteiger partial charge in [0.1, 0.15) is 5.75 Å². The van der Waals surface area contributed by atoms with E-state index in [1.807, 2.05) is 24.3 Å². The zero-order valence-electron chi connectivity index (χ0n) is 16.4. The van der Waals surface area contributed by atoms with Crippen molar-refractivity contribution in [3.8, 4) is 5.75 Å². The first-order valence-corrected chi connectivity index (χ1v) is 12.4. The maximum atomic E-state index is 12.7. The molecule has 3 aromatic rings. The van der Waals surface area contributed by atoms with Crippen LogP contribution in [-0.4, -0.2) is 43.0 Å². The van der Waals surface area contributed by atoms with Gasteiger partial charge in [0, 0.05) is 16.9 Å². The number of anilines is 3. The molecule has 0 aliphatic carbocycles. The third kappa shape index (κ3) is 6.18. The first kappa shape index (κ1) is 22.1. The summed E-state index contributed by atoms with van der Waals surface area (Å²) in [6.07, 6.45) is 1.07. The van der Waals surface area contributed by atoms with E-state index < -0.39 is 10.0 Å². The van der Waals surface area contributed by atoms with Gasteiger partial charge in [-0.25, -0.2) is 8.42 Å². The molecule has 8 nitrogen and oxygen atoms in total. The van der Waals surface area contributed by atoms with Gasteiger partial charge < -0.3 is 10.1 Å². The first-order valence-electron chi connectivity index (χ1n) is 8.77. The number of carbonyl (C=O) groups excluding carboxylic acids is 1. The minimum atomic E-state index is -3.36. The van der Waals surface area contributed by atoms with Crippen molar-refractivity contribution in [3.05, 3.63) is 54.1 Å². The fourth-order valence-electron chi connectivity index (χ4n) is 2.46. The van der Waals surface area contributed by atoms with E-state index in [2.05, 4.69) is 20.2 Å². The van der Waals surface area contributed by atoms with Crippen molar-refractivity contribution >= 4 is 55.4 Å². The summed E-state index contributed by atoms with van der Waals surface area (Å²) in [6.45, 7) is 1.80. The van der Waals surface area contributed by atoms with Crippen LogP contribution >= 0.6 is 23.1 Å². The number of benzene rings is 2. The zero-order valence-corrected chi connectivity index (χ0v) is 18.9. The van der Waals surface area contributed by atoms with Crippen molar-refractivity contribution in [2.75, 3.05) is 23.4 Å². The SMILES string of the molecule is COc1ccc(Nc2nnc(SC(C)C(=O)c3ccc(NS(C)(=O)=O)cc3)s2)cc1. The molecular formula is C19H20N4O4S3. The van der Waals surface area contributed by atoms with E-state index in [1.54, 1.807) is 38.3 Å². The van der Waals surface area contributed by atoms with Gasteiger partial charge in [0.15, 0.2) is 10.1 Å². The highest BCUT2D eigenvalue weighted by Gasteiger charge is 2.19. The van der Waals surface area contributed by atoms with Gasteiger partial charge in [-0.15, -0.1) is 10.2 Å². The van der Waals surface area contributed by atoms with Crippen molar-refractivity contribution in [2.24, 2.45) is 0 Å². The highest BCUT2D eigenvalue weighted by atomic mass is 32.2. The molecule has 3 rings (SSSR count). The lowest BCUT2D eigenvalue weighted by Gasteiger charge is -2.09. The Morgan fingerprint density at radius 1 is 1.07 bits per heavy atom. The molecule has 2 N–H and O–H groups in total. The number of ketones is 1. The summed E-state index contributed by atoms with van der Waals surface area (Å²) in [6, 6.07) is 13.8. The predicted octanol–water partition coefficient (Wildman–Crippen LogP) is 4.03. The summed E-state index contributed by atoms with van der Waals surface area (Å²) in [4.78, 5) is 12.7. The van der Waals surface area contributed by atoms with Crippen LogP contribution in [0.15, 0.2) is 52.9 Å². The van der Waals surface area contributed by atoms with Crippen LogP contribution in [0.1, 0.15) is 17.3 Å². The Balaban J connectivity index is 1.60. The van der Waals surface area contributed by atoms with Crippen molar-refractivity contribution < 1.29 is 17.9 Å². The smallest absolute Gasteiger partial charge is 0.229 e. The molecule has 1 aromatic heterocycles. The third-order valence-corrected chi connectivity index (χ3v) is 6.50. The summed E-state index contributed by atoms with van der Waals surface area (Å²) in [5, 5.41) is 11.7. The number of sulfonamides is 1. The molecule has 0 spiro atoms. The van der Waals surface area contributed by atoms with E-state index in [1.165, 1.54) is 23.1 Å². The van der Waals surface area contributed by atoms with E-state index in [4.69, 9.17) is 4.74 Å². The number of thioether (sulfide) groups is 1. The fourth-order valence-corrected chi connectivity index (χ4v) is 5.02. The number of hydrogen-bond donors (Lipinski definition) is 2. The molecule has 0 amide bonds. The fraction of sp³-hybridized carbons (Fsp3) is 0.211. The molecular weight excluding hydrogens is 444 g/mol. The lowest BCUT2D eigenvalue weighted by Crippen LogP contribution is -2.14. The Labute approximate surface area is 183 Å². The minimum Gasteiger partial charge on any atom is -0.497 e. The topological polar surface area (TPSA) is 110 Å². The van der Waals surface area contributed by atoms with Crippen molar-refractivity contribution in [2.45, 2.75) is 16.5 Å². The molecule has 0 aliphatic rings. The standard InChI is InChI=1S/C19H20N4O4S3/c1-12(17(24)13-4-6-15(7-5-13)23-30(3,25)26)28-19-22-21-18(29-19)20-14-8-10-16(27-2)11-9-14/h4-12,23H,1-3H3,(H,20,21). The zero-order chi connectivity index (χ0) is 21.7. The number of hydrogen-bond acceptors (Lipinski definition) is 9. The van der Waals surface area contributed by atoms with Gasteiger partial charge in [0.05, 0.1) is 18.6 Å². The van der Waals surface area contributed by atoms with Gasteiger partial charge in [0.2, 0.25) is 15.2 Å². The van der Waals surface area contributed by atoms with Crippen molar-refractivity contribution in [1.82, 2.24) is 10.2 Å². The second-order valence-corrected chi connectivity index (χ2v) is 10.6. The van der Waals surface area contributed by atoms with Crippen LogP contribution in [0.4, 0.5) is 16.5 Å². The highest BCUT2D eigenvalue weighted by molar-refractivity contribution is 8.02. The van der Waals surface area contributed by atoms with E-state index >= 15 is 0 Å². The van der Waals surface area contributed by atoms with Gasteiger partial charge in [-0.05, 0) is 55.5 Å². The molecule has 0 bridgehead atoms. The van der Waals surface area contributed by atoms with E-state index in [9.17, 15) is 13.2 Å². The highest BCUT2D eigenvalue weighted by Crippen LogP contribution is 2.32. The van der Waals surface area contributed by atoms with Crippen LogP contribution in [0, 0.1) is 0 Å². The van der Waals surface area contributed by atoms with Crippen LogP contribution in [0.5, 0.6) is 5.75 Å². The average molecular weight is 465 g/mol. The van der Waals surface area contributed by atoms with Gasteiger partial charge in [-0.1, -0.05) is 23.1 Å². The first-order chi connectivity index (χ1) is 14.2. The number of nitrogens with zero attached hydrogens (tertiary/aromatic N) is 2. The molecule has 158 valence electrons. The Bertz CT molecular complexity index is 1110. The molecule has 0 fully saturated rings. The van der Waals surface area contributed by atoms with Crippen LogP contribution < -0.4 is 14.8 Å². The molecule has 1 unspecified atom stereocenters. The monoisotopic (exact) mass is 464 g/mol. The number of nitrogens with one attached hydrogen (secondary N) is 2. The molecule has 30 heavy (non-hydrogen) atoms. The molecule has 1 heterocycles. The molecule has 1 atom stereocenters. The Morgan fingerprint density at radius 3 is 2.30 bits per heavy atom. The second kappa shape index (κ2) is 9.45. The van der Waals surface area contributed by atoms with Crippen LogP contribution in [0.25, 0.3) is 0 Å². The third-order valence-electron chi connectivity index (χ3n) is 3.87. The minimum absolute atomic E-state index is 0.0780. The number of Topliss-reactive ketones (excluding diaryl/α,β-unsaturated/α-hetero) is 1. The number of ether oxygens (including phenoxy) is 1. The molecule has 0 radical (unpaired) electrons. The van der Waals surface area contributed by atoms with Gasteiger partial charge in [-0.3, -0.25) is 9.52 Å². The molecule has 2 aromatic carbocycles. The molecule has 0 aliphatic heterocycles. The Hall–Kier alpha value is -2.63. The van der Waals surface area contributed by atoms with Crippen molar-refractivity contribution in [1.29, 1.82) is 0 Å². The lowest BCUT2D eigenvalue weighted by atomic mass is 10.1. The maximum absolute atomic E-state index is 12.7. The maximum Gasteiger partial charge on any atom is 0.229 e. The summed E-state index contributed by atoms with van der Waals surface area (Å²) in [5.74, 6) is 0.687. The summed E-state index contributed by atoms with van der Waals surface area (Å²) in [7, 11) is -1.75. The van der Waals surface area contributed by atoms with E-state index in [0.29, 0.717) is 20.7 Å². The second-order valence-electron chi connectivity index (χ2n) is 6.30. The molecule has 11 heteroatoms. The van der Waals surface area contributed by atoms with E-state index in [-0.39, 0.29) is 11.0 Å².